The number of thiophene rings is 1. The van der Waals surface area contributed by atoms with Crippen LogP contribution >= 0.6 is 11.3 Å². The van der Waals surface area contributed by atoms with E-state index in [0.29, 0.717) is 0 Å². The Bertz CT molecular complexity index is 737. The van der Waals surface area contributed by atoms with Crippen molar-refractivity contribution in [2.24, 2.45) is 0 Å². The Morgan fingerprint density at radius 2 is 2.25 bits per heavy atom. The smallest absolute Gasteiger partial charge is 0.110 e. The minimum absolute atomic E-state index is 0.722. The molecule has 4 nitrogen and oxygen atoms in total. The molecule has 1 N–H and O–H groups in total. The Morgan fingerprint density at radius 3 is 3.00 bits per heavy atom. The molecule has 2 heterocycles. The Labute approximate surface area is 120 Å². The number of rotatable bonds is 4. The van der Waals surface area contributed by atoms with Crippen molar-refractivity contribution in [3.8, 4) is 11.8 Å². The van der Waals surface area contributed by atoms with Crippen molar-refractivity contribution in [3.05, 3.63) is 64.9 Å². The standard InChI is InChI=1S/C15H12N4S/c16-9-14-4-5-15(20-14)10-18-12-2-1-3-13(8-12)19-7-6-17-11-19/h1-8,11,18H,10H2. The zero-order chi connectivity index (χ0) is 13.8. The van der Waals surface area contributed by atoms with Crippen LogP contribution < -0.4 is 5.32 Å². The van der Waals surface area contributed by atoms with Crippen LogP contribution in [0, 0.1) is 11.3 Å². The van der Waals surface area contributed by atoms with Gasteiger partial charge in [0.2, 0.25) is 0 Å². The first-order valence-electron chi connectivity index (χ1n) is 6.16. The minimum atomic E-state index is 0.722. The summed E-state index contributed by atoms with van der Waals surface area (Å²) in [4.78, 5) is 5.94. The SMILES string of the molecule is N#Cc1ccc(CNc2cccc(-n3ccnc3)c2)s1. The predicted molar refractivity (Wildman–Crippen MR) is 79.9 cm³/mol. The normalized spacial score (nSPS) is 10.2. The second-order valence-corrected chi connectivity index (χ2v) is 5.42. The van der Waals surface area contributed by atoms with Gasteiger partial charge >= 0.3 is 0 Å². The third-order valence-corrected chi connectivity index (χ3v) is 3.88. The summed E-state index contributed by atoms with van der Waals surface area (Å²) in [7, 11) is 0. The van der Waals surface area contributed by atoms with Crippen LogP contribution in [-0.4, -0.2) is 9.55 Å². The topological polar surface area (TPSA) is 53.6 Å². The molecule has 3 rings (SSSR count). The fraction of sp³-hybridized carbons (Fsp3) is 0.0667. The summed E-state index contributed by atoms with van der Waals surface area (Å²) < 4.78 is 1.96. The summed E-state index contributed by atoms with van der Waals surface area (Å²) in [5, 5.41) is 12.2. The molecule has 0 aliphatic rings. The fourth-order valence-electron chi connectivity index (χ4n) is 1.91. The first-order chi connectivity index (χ1) is 9.85. The van der Waals surface area contributed by atoms with Crippen molar-refractivity contribution in [2.45, 2.75) is 6.54 Å². The Hall–Kier alpha value is -2.58. The predicted octanol–water partition coefficient (Wildman–Crippen LogP) is 3.42. The van der Waals surface area contributed by atoms with Crippen LogP contribution in [0.5, 0.6) is 0 Å². The van der Waals surface area contributed by atoms with E-state index in [1.54, 1.807) is 12.5 Å². The molecule has 0 saturated heterocycles. The number of aromatic nitrogens is 2. The first kappa shape index (κ1) is 12.5. The number of nitrogens with zero attached hydrogens (tertiary/aromatic N) is 3. The molecular formula is C15H12N4S. The van der Waals surface area contributed by atoms with Crippen molar-refractivity contribution < 1.29 is 0 Å². The van der Waals surface area contributed by atoms with E-state index in [2.05, 4.69) is 22.4 Å². The van der Waals surface area contributed by atoms with Gasteiger partial charge < -0.3 is 9.88 Å². The summed E-state index contributed by atoms with van der Waals surface area (Å²) in [6.45, 7) is 0.722. The quantitative estimate of drug-likeness (QED) is 0.796. The third kappa shape index (κ3) is 2.71. The van der Waals surface area contributed by atoms with Crippen LogP contribution in [0.15, 0.2) is 55.1 Å². The monoisotopic (exact) mass is 280 g/mol. The van der Waals surface area contributed by atoms with E-state index in [1.165, 1.54) is 11.3 Å². The summed E-state index contributed by atoms with van der Waals surface area (Å²) >= 11 is 1.52. The van der Waals surface area contributed by atoms with Crippen molar-refractivity contribution in [1.82, 2.24) is 9.55 Å². The van der Waals surface area contributed by atoms with Gasteiger partial charge in [0, 0.05) is 35.2 Å². The highest BCUT2D eigenvalue weighted by Gasteiger charge is 2.01. The molecule has 0 aliphatic heterocycles. The molecule has 2 aromatic heterocycles. The first-order valence-corrected chi connectivity index (χ1v) is 6.98. The van der Waals surface area contributed by atoms with Crippen LogP contribution in [0.4, 0.5) is 5.69 Å². The summed E-state index contributed by atoms with van der Waals surface area (Å²) in [5.74, 6) is 0. The van der Waals surface area contributed by atoms with Gasteiger partial charge in [0.25, 0.3) is 0 Å². The molecule has 3 aromatic rings. The maximum absolute atomic E-state index is 8.81. The van der Waals surface area contributed by atoms with Crippen LogP contribution in [0.1, 0.15) is 9.75 Å². The molecular weight excluding hydrogens is 268 g/mol. The average molecular weight is 280 g/mol. The van der Waals surface area contributed by atoms with E-state index in [9.17, 15) is 0 Å². The number of hydrogen-bond acceptors (Lipinski definition) is 4. The molecule has 0 aliphatic carbocycles. The Balaban J connectivity index is 1.72. The lowest BCUT2D eigenvalue weighted by molar-refractivity contribution is 1.05. The van der Waals surface area contributed by atoms with Crippen molar-refractivity contribution >= 4 is 17.0 Å². The third-order valence-electron chi connectivity index (χ3n) is 2.89. The molecule has 0 unspecified atom stereocenters. The molecule has 0 bridgehead atoms. The molecule has 1 aromatic carbocycles. The zero-order valence-electron chi connectivity index (χ0n) is 10.7. The van der Waals surface area contributed by atoms with E-state index in [-0.39, 0.29) is 0 Å². The van der Waals surface area contributed by atoms with E-state index in [0.717, 1.165) is 27.7 Å². The molecule has 20 heavy (non-hydrogen) atoms. The second kappa shape index (κ2) is 5.59. The summed E-state index contributed by atoms with van der Waals surface area (Å²) in [5.41, 5.74) is 2.11. The van der Waals surface area contributed by atoms with Gasteiger partial charge in [-0.1, -0.05) is 6.07 Å². The van der Waals surface area contributed by atoms with Gasteiger partial charge in [-0.25, -0.2) is 4.98 Å². The molecule has 0 spiro atoms. The molecule has 0 fully saturated rings. The van der Waals surface area contributed by atoms with Crippen molar-refractivity contribution in [2.75, 3.05) is 5.32 Å². The molecule has 0 atom stereocenters. The highest BCUT2D eigenvalue weighted by Crippen LogP contribution is 2.19. The van der Waals surface area contributed by atoms with Gasteiger partial charge in [0.05, 0.1) is 6.33 Å². The maximum Gasteiger partial charge on any atom is 0.110 e. The van der Waals surface area contributed by atoms with Crippen LogP contribution in [0.2, 0.25) is 0 Å². The summed E-state index contributed by atoms with van der Waals surface area (Å²) in [6, 6.07) is 14.1. The lowest BCUT2D eigenvalue weighted by Crippen LogP contribution is -1.98. The van der Waals surface area contributed by atoms with E-state index in [4.69, 9.17) is 5.26 Å². The van der Waals surface area contributed by atoms with Crippen LogP contribution in [0.3, 0.4) is 0 Å². The van der Waals surface area contributed by atoms with Gasteiger partial charge in [-0.15, -0.1) is 11.3 Å². The lowest BCUT2D eigenvalue weighted by atomic mass is 10.2. The number of imidazole rings is 1. The highest BCUT2D eigenvalue weighted by atomic mass is 32.1. The van der Waals surface area contributed by atoms with Gasteiger partial charge in [0.1, 0.15) is 10.9 Å². The van der Waals surface area contributed by atoms with E-state index in [1.807, 2.05) is 41.1 Å². The minimum Gasteiger partial charge on any atom is -0.380 e. The Kier molecular flexibility index (Phi) is 3.48. The second-order valence-electron chi connectivity index (χ2n) is 4.25. The highest BCUT2D eigenvalue weighted by molar-refractivity contribution is 7.12. The van der Waals surface area contributed by atoms with E-state index >= 15 is 0 Å². The average Bonchev–Trinajstić information content (AvgIpc) is 3.17. The molecule has 98 valence electrons. The summed E-state index contributed by atoms with van der Waals surface area (Å²) in [6.07, 6.45) is 5.45. The number of nitrogens with one attached hydrogen (secondary N) is 1. The van der Waals surface area contributed by atoms with E-state index < -0.39 is 0 Å². The van der Waals surface area contributed by atoms with Gasteiger partial charge in [-0.2, -0.15) is 5.26 Å². The maximum atomic E-state index is 8.81. The largest absolute Gasteiger partial charge is 0.380 e. The molecule has 0 saturated carbocycles. The van der Waals surface area contributed by atoms with Gasteiger partial charge in [0.15, 0.2) is 0 Å². The Morgan fingerprint density at radius 1 is 1.30 bits per heavy atom. The van der Waals surface area contributed by atoms with Crippen molar-refractivity contribution in [1.29, 1.82) is 5.26 Å². The fourth-order valence-corrected chi connectivity index (χ4v) is 2.66. The zero-order valence-corrected chi connectivity index (χ0v) is 11.5. The van der Waals surface area contributed by atoms with Gasteiger partial charge in [-0.3, -0.25) is 0 Å². The number of anilines is 1. The number of hydrogen-bond donors (Lipinski definition) is 1. The van der Waals surface area contributed by atoms with Crippen LogP contribution in [0.25, 0.3) is 5.69 Å². The molecule has 0 radical (unpaired) electrons. The molecule has 0 amide bonds. The van der Waals surface area contributed by atoms with Crippen LogP contribution in [-0.2, 0) is 6.54 Å². The number of nitriles is 1. The van der Waals surface area contributed by atoms with Gasteiger partial charge in [-0.05, 0) is 30.3 Å². The number of benzene rings is 1. The molecule has 5 heteroatoms. The van der Waals surface area contributed by atoms with Crippen molar-refractivity contribution in [3.63, 3.8) is 0 Å². The lowest BCUT2D eigenvalue weighted by Gasteiger charge is -2.08.